The number of nitrogen functional groups attached to an aromatic ring is 2. The maximum atomic E-state index is 16.7. The molecule has 86 heavy (non-hydrogen) atoms. The molecule has 6 N–H and O–H groups in total. The van der Waals surface area contributed by atoms with Crippen molar-refractivity contribution in [3.63, 3.8) is 0 Å². The van der Waals surface area contributed by atoms with E-state index in [0.717, 1.165) is 88.0 Å². The number of rotatable bonds is 8. The molecule has 0 spiro atoms. The van der Waals surface area contributed by atoms with Crippen LogP contribution in [0.4, 0.5) is 58.4 Å². The van der Waals surface area contributed by atoms with Crippen LogP contribution in [0.25, 0.3) is 44.3 Å². The van der Waals surface area contributed by atoms with Gasteiger partial charge in [-0.15, -0.1) is 0 Å². The molecule has 0 saturated carbocycles. The SMILES string of the molecule is C=C1CN2CCC[C@@]2(COc2nc3c4c(c(Cl)c(-c5nc(N)cc(C)c5C(F)(F)F)c(F)c4n2)OC[C@H]2CNCCN32)C1.C=C1CN2CCC[C@@]2(COc2nc3c4c(c(Cl)c(-c5nc(N)cc(C)c5C(F)(F)F)c(F)c4n2)OC[C@H]2CNCCN32)C1. The van der Waals surface area contributed by atoms with Crippen LogP contribution in [0, 0.1) is 25.5 Å². The van der Waals surface area contributed by atoms with E-state index in [1.54, 1.807) is 0 Å². The van der Waals surface area contributed by atoms with Crippen LogP contribution in [0.3, 0.4) is 0 Å². The summed E-state index contributed by atoms with van der Waals surface area (Å²) in [5.74, 6) is -1.90. The van der Waals surface area contributed by atoms with Crippen molar-refractivity contribution >= 4 is 68.3 Å². The number of piperazine rings is 2. The summed E-state index contributed by atoms with van der Waals surface area (Å²) in [5.41, 5.74) is 7.59. The second kappa shape index (κ2) is 21.5. The van der Waals surface area contributed by atoms with Gasteiger partial charge in [-0.1, -0.05) is 47.5 Å². The summed E-state index contributed by atoms with van der Waals surface area (Å²) in [6, 6.07) is 1.62. The Morgan fingerprint density at radius 1 is 0.640 bits per heavy atom. The van der Waals surface area contributed by atoms with Gasteiger partial charge in [0.05, 0.1) is 77.6 Å². The number of alkyl halides is 6. The Morgan fingerprint density at radius 3 is 1.44 bits per heavy atom. The van der Waals surface area contributed by atoms with E-state index in [-0.39, 0.29) is 128 Å². The predicted molar refractivity (Wildman–Crippen MR) is 308 cm³/mol. The van der Waals surface area contributed by atoms with E-state index in [0.29, 0.717) is 50.9 Å². The van der Waals surface area contributed by atoms with Crippen molar-refractivity contribution in [2.45, 2.75) is 87.9 Å². The molecular formula is C58H60Cl2F8N14O4. The van der Waals surface area contributed by atoms with E-state index in [1.165, 1.54) is 13.8 Å². The summed E-state index contributed by atoms with van der Waals surface area (Å²) < 4.78 is 144. The number of hydrogen-bond acceptors (Lipinski definition) is 18. The van der Waals surface area contributed by atoms with E-state index in [2.05, 4.69) is 53.5 Å². The third kappa shape index (κ3) is 9.85. The van der Waals surface area contributed by atoms with Gasteiger partial charge in [0.1, 0.15) is 60.7 Å². The van der Waals surface area contributed by atoms with Crippen LogP contribution in [0.2, 0.25) is 10.0 Å². The molecule has 8 aliphatic rings. The van der Waals surface area contributed by atoms with Crippen LogP contribution in [0.5, 0.6) is 23.5 Å². The summed E-state index contributed by atoms with van der Waals surface area (Å²) in [4.78, 5) is 34.9. The van der Waals surface area contributed by atoms with Gasteiger partial charge < -0.3 is 50.8 Å². The van der Waals surface area contributed by atoms with E-state index in [9.17, 15) is 26.3 Å². The van der Waals surface area contributed by atoms with Gasteiger partial charge in [0, 0.05) is 52.4 Å². The minimum atomic E-state index is -4.87. The second-order valence-corrected chi connectivity index (χ2v) is 24.4. The number of halogens is 10. The van der Waals surface area contributed by atoms with Crippen LogP contribution in [-0.2, 0) is 12.4 Å². The average molecular weight is 1240 g/mol. The zero-order valence-corrected chi connectivity index (χ0v) is 48.4. The van der Waals surface area contributed by atoms with E-state index in [1.807, 2.05) is 9.80 Å². The lowest BCUT2D eigenvalue weighted by Crippen LogP contribution is -2.53. The first-order chi connectivity index (χ1) is 40.9. The Hall–Kier alpha value is -6.84. The molecule has 6 fully saturated rings. The normalized spacial score (nSPS) is 23.7. The number of nitrogens with one attached hydrogen (secondary N) is 2. The van der Waals surface area contributed by atoms with E-state index >= 15 is 8.78 Å². The number of nitrogens with zero attached hydrogens (tertiary/aromatic N) is 10. The van der Waals surface area contributed by atoms with Crippen molar-refractivity contribution in [2.75, 3.05) is 113 Å². The van der Waals surface area contributed by atoms with Gasteiger partial charge in [0.25, 0.3) is 0 Å². The molecular weight excluding hydrogens is 1180 g/mol. The molecule has 12 heterocycles. The monoisotopic (exact) mass is 1240 g/mol. The smallest absolute Gasteiger partial charge is 0.418 e. The minimum absolute atomic E-state index is 0.00771. The summed E-state index contributed by atoms with van der Waals surface area (Å²) in [6.07, 6.45) is -4.30. The standard InChI is InChI=1S/2C29H30ClF4N7O2/c2*1-14-9-28(4-3-6-40(28)11-14)13-43-27-38-24-19-25(42-12-16-10-36-5-7-41(16)26(19)39-27)21(30)18(22(24)31)23-20(29(32,33)34)15(2)8-17(35)37-23/h2*8,16,36H,1,3-7,9-13H2,2H3,(H2,35,37)/t2*16-,28+/m11/s1. The van der Waals surface area contributed by atoms with Crippen LogP contribution in [0.1, 0.15) is 60.8 Å². The van der Waals surface area contributed by atoms with Crippen LogP contribution in [0.15, 0.2) is 36.4 Å². The molecule has 0 unspecified atom stereocenters. The molecule has 14 rings (SSSR count). The van der Waals surface area contributed by atoms with Gasteiger partial charge in [-0.3, -0.25) is 9.80 Å². The number of nitrogens with two attached hydrogens (primary N) is 2. The largest absolute Gasteiger partial charge is 0.489 e. The fourth-order valence-corrected chi connectivity index (χ4v) is 14.8. The van der Waals surface area contributed by atoms with E-state index < -0.39 is 57.6 Å². The highest BCUT2D eigenvalue weighted by Gasteiger charge is 2.49. The lowest BCUT2D eigenvalue weighted by atomic mass is 9.94. The van der Waals surface area contributed by atoms with E-state index in [4.69, 9.17) is 63.6 Å². The highest BCUT2D eigenvalue weighted by atomic mass is 35.5. The molecule has 4 aromatic heterocycles. The number of ether oxygens (including phenoxy) is 4. The lowest BCUT2D eigenvalue weighted by Gasteiger charge is -2.35. The minimum Gasteiger partial charge on any atom is -0.489 e. The zero-order valence-electron chi connectivity index (χ0n) is 46.9. The van der Waals surface area contributed by atoms with Gasteiger partial charge in [0.15, 0.2) is 23.1 Å². The van der Waals surface area contributed by atoms with Gasteiger partial charge >= 0.3 is 24.4 Å². The molecule has 6 saturated heterocycles. The first-order valence-electron chi connectivity index (χ1n) is 28.4. The number of hydrogen-bond donors (Lipinski definition) is 4. The molecule has 6 aromatic rings. The van der Waals surface area contributed by atoms with Crippen molar-refractivity contribution in [3.8, 4) is 46.0 Å². The van der Waals surface area contributed by atoms with Crippen molar-refractivity contribution < 1.29 is 54.1 Å². The Kier molecular flexibility index (Phi) is 14.5. The number of pyridine rings is 2. The van der Waals surface area contributed by atoms with Crippen molar-refractivity contribution in [2.24, 2.45) is 0 Å². The zero-order chi connectivity index (χ0) is 60.5. The van der Waals surface area contributed by atoms with Gasteiger partial charge in [-0.25, -0.2) is 18.7 Å². The average Bonchev–Trinajstić information content (AvgIpc) is 1.17. The highest BCUT2D eigenvalue weighted by Crippen LogP contribution is 2.54. The molecule has 8 aliphatic heterocycles. The highest BCUT2D eigenvalue weighted by molar-refractivity contribution is 6.37. The first-order valence-corrected chi connectivity index (χ1v) is 29.1. The summed E-state index contributed by atoms with van der Waals surface area (Å²) in [5, 5.41) is 6.25. The molecule has 18 nitrogen and oxygen atoms in total. The topological polar surface area (TPSA) is 203 Å². The number of fused-ring (bicyclic) bond motifs is 6. The molecule has 0 bridgehead atoms. The third-order valence-electron chi connectivity index (χ3n) is 17.9. The molecule has 0 amide bonds. The molecule has 28 heteroatoms. The van der Waals surface area contributed by atoms with Crippen LogP contribution < -0.4 is 50.8 Å². The van der Waals surface area contributed by atoms with Crippen molar-refractivity contribution in [1.82, 2.24) is 50.3 Å². The quantitative estimate of drug-likeness (QED) is 0.0828. The number of aryl methyl sites for hydroxylation is 2. The number of anilines is 4. The van der Waals surface area contributed by atoms with Gasteiger partial charge in [-0.2, -0.15) is 46.3 Å². The Labute approximate surface area is 498 Å². The summed E-state index contributed by atoms with van der Waals surface area (Å²) >= 11 is 13.5. The van der Waals surface area contributed by atoms with Crippen LogP contribution in [-0.4, -0.2) is 155 Å². The van der Waals surface area contributed by atoms with Crippen molar-refractivity contribution in [1.29, 1.82) is 0 Å². The number of benzene rings is 2. The maximum absolute atomic E-state index is 16.7. The van der Waals surface area contributed by atoms with Crippen LogP contribution >= 0.6 is 23.2 Å². The molecule has 4 atom stereocenters. The molecule has 0 radical (unpaired) electrons. The first kappa shape index (κ1) is 58.2. The molecule has 2 aromatic carbocycles. The predicted octanol–water partition coefficient (Wildman–Crippen LogP) is 9.48. The fourth-order valence-electron chi connectivity index (χ4n) is 14.2. The van der Waals surface area contributed by atoms with Gasteiger partial charge in [-0.05, 0) is 88.7 Å². The summed E-state index contributed by atoms with van der Waals surface area (Å²) in [6.45, 7) is 18.5. The number of aromatic nitrogens is 6. The fraction of sp³-hybridized carbons (Fsp3) is 0.483. The maximum Gasteiger partial charge on any atom is 0.418 e. The molecule has 0 aliphatic carbocycles. The third-order valence-corrected chi connectivity index (χ3v) is 18.6. The second-order valence-electron chi connectivity index (χ2n) is 23.6. The van der Waals surface area contributed by atoms with Gasteiger partial charge in [0.2, 0.25) is 0 Å². The Morgan fingerprint density at radius 2 is 1.05 bits per heavy atom. The summed E-state index contributed by atoms with van der Waals surface area (Å²) in [7, 11) is 0. The lowest BCUT2D eigenvalue weighted by molar-refractivity contribution is -0.138. The Bertz CT molecular complexity index is 3580. The van der Waals surface area contributed by atoms with Crippen molar-refractivity contribution in [3.05, 3.63) is 80.4 Å². The molecule has 456 valence electrons. The Balaban J connectivity index is 0.000000160.